The molecule has 0 aliphatic heterocycles. The Morgan fingerprint density at radius 1 is 1.22 bits per heavy atom. The zero-order valence-electron chi connectivity index (χ0n) is 12.0. The van der Waals surface area contributed by atoms with Gasteiger partial charge in [-0.15, -0.1) is 11.3 Å². The smallest absolute Gasteiger partial charge is 0.354 e. The molecule has 8 heteroatoms. The SMILES string of the molecule is CS(=O)(=O)c1ccc(-n2nc(-c3cccs3)cc2C(=O)O)cc1. The maximum Gasteiger partial charge on any atom is 0.354 e. The summed E-state index contributed by atoms with van der Waals surface area (Å²) in [6.45, 7) is 0. The molecule has 118 valence electrons. The molecule has 0 bridgehead atoms. The summed E-state index contributed by atoms with van der Waals surface area (Å²) in [5.41, 5.74) is 1.06. The number of nitrogens with zero attached hydrogens (tertiary/aromatic N) is 2. The third kappa shape index (κ3) is 3.03. The number of thiophene rings is 1. The molecule has 2 heterocycles. The summed E-state index contributed by atoms with van der Waals surface area (Å²) in [7, 11) is -3.30. The molecule has 0 aliphatic rings. The molecule has 0 atom stereocenters. The van der Waals surface area contributed by atoms with Crippen LogP contribution in [0.4, 0.5) is 0 Å². The largest absolute Gasteiger partial charge is 0.477 e. The van der Waals surface area contributed by atoms with E-state index in [0.29, 0.717) is 11.4 Å². The average molecular weight is 348 g/mol. The third-order valence-corrected chi connectivity index (χ3v) is 5.23. The van der Waals surface area contributed by atoms with Crippen molar-refractivity contribution in [3.05, 3.63) is 53.5 Å². The van der Waals surface area contributed by atoms with Gasteiger partial charge in [-0.05, 0) is 35.7 Å². The first-order valence-electron chi connectivity index (χ1n) is 6.54. The van der Waals surface area contributed by atoms with E-state index in [9.17, 15) is 18.3 Å². The third-order valence-electron chi connectivity index (χ3n) is 3.21. The van der Waals surface area contributed by atoms with Crippen LogP contribution in [-0.4, -0.2) is 35.5 Å². The van der Waals surface area contributed by atoms with Gasteiger partial charge < -0.3 is 5.11 Å². The van der Waals surface area contributed by atoms with E-state index >= 15 is 0 Å². The Morgan fingerprint density at radius 3 is 2.43 bits per heavy atom. The molecular weight excluding hydrogens is 336 g/mol. The summed E-state index contributed by atoms with van der Waals surface area (Å²) >= 11 is 1.46. The topological polar surface area (TPSA) is 89.3 Å². The van der Waals surface area contributed by atoms with Gasteiger partial charge in [0.05, 0.1) is 15.5 Å². The molecule has 0 unspecified atom stereocenters. The number of rotatable bonds is 4. The quantitative estimate of drug-likeness (QED) is 0.783. The van der Waals surface area contributed by atoms with Crippen LogP contribution in [0.25, 0.3) is 16.3 Å². The molecule has 23 heavy (non-hydrogen) atoms. The molecule has 0 amide bonds. The van der Waals surface area contributed by atoms with Crippen LogP contribution in [0.15, 0.2) is 52.7 Å². The molecular formula is C15H12N2O4S2. The lowest BCUT2D eigenvalue weighted by atomic mass is 10.3. The van der Waals surface area contributed by atoms with Gasteiger partial charge in [-0.1, -0.05) is 6.07 Å². The van der Waals surface area contributed by atoms with E-state index in [1.807, 2.05) is 17.5 Å². The molecule has 1 N–H and O–H groups in total. The standard InChI is InChI=1S/C15H12N2O4S2/c1-23(20,21)11-6-4-10(5-7-11)17-13(15(18)19)9-12(16-17)14-3-2-8-22-14/h2-9H,1H3,(H,18,19). The van der Waals surface area contributed by atoms with Gasteiger partial charge in [0.1, 0.15) is 5.69 Å². The maximum atomic E-state index is 11.5. The van der Waals surface area contributed by atoms with Crippen LogP contribution >= 0.6 is 11.3 Å². The molecule has 2 aromatic heterocycles. The Morgan fingerprint density at radius 2 is 1.91 bits per heavy atom. The number of carboxylic acids is 1. The second-order valence-electron chi connectivity index (χ2n) is 4.88. The van der Waals surface area contributed by atoms with Crippen LogP contribution in [0.3, 0.4) is 0 Å². The monoisotopic (exact) mass is 348 g/mol. The number of hydrogen-bond acceptors (Lipinski definition) is 5. The van der Waals surface area contributed by atoms with Crippen LogP contribution in [0, 0.1) is 0 Å². The number of sulfone groups is 1. The Bertz CT molecular complexity index is 956. The van der Waals surface area contributed by atoms with E-state index in [1.165, 1.54) is 46.4 Å². The lowest BCUT2D eigenvalue weighted by molar-refractivity contribution is 0.0687. The first-order valence-corrected chi connectivity index (χ1v) is 9.31. The van der Waals surface area contributed by atoms with E-state index in [0.717, 1.165) is 11.1 Å². The fraction of sp³-hybridized carbons (Fsp3) is 0.0667. The number of carbonyl (C=O) groups is 1. The van der Waals surface area contributed by atoms with Crippen molar-refractivity contribution in [3.63, 3.8) is 0 Å². The number of aromatic carboxylic acids is 1. The molecule has 3 rings (SSSR count). The summed E-state index contributed by atoms with van der Waals surface area (Å²) in [4.78, 5) is 12.5. The number of hydrogen-bond donors (Lipinski definition) is 1. The number of benzene rings is 1. The highest BCUT2D eigenvalue weighted by Crippen LogP contribution is 2.26. The first kappa shape index (κ1) is 15.4. The first-order chi connectivity index (χ1) is 10.9. The molecule has 0 fully saturated rings. The van der Waals surface area contributed by atoms with Crippen molar-refractivity contribution < 1.29 is 18.3 Å². The maximum absolute atomic E-state index is 11.5. The van der Waals surface area contributed by atoms with Crippen LogP contribution in [-0.2, 0) is 9.84 Å². The summed E-state index contributed by atoms with van der Waals surface area (Å²) in [6.07, 6.45) is 1.12. The molecule has 6 nitrogen and oxygen atoms in total. The van der Waals surface area contributed by atoms with Crippen molar-refractivity contribution >= 4 is 27.1 Å². The minimum atomic E-state index is -3.30. The molecule has 3 aromatic rings. The lowest BCUT2D eigenvalue weighted by Crippen LogP contribution is -2.08. The van der Waals surface area contributed by atoms with Gasteiger partial charge in [-0.3, -0.25) is 0 Å². The summed E-state index contributed by atoms with van der Waals surface area (Å²) in [5.74, 6) is -1.10. The van der Waals surface area contributed by atoms with Gasteiger partial charge in [0.2, 0.25) is 0 Å². The highest BCUT2D eigenvalue weighted by Gasteiger charge is 2.17. The molecule has 1 aromatic carbocycles. The normalized spacial score (nSPS) is 11.5. The van der Waals surface area contributed by atoms with E-state index in [-0.39, 0.29) is 10.6 Å². The summed E-state index contributed by atoms with van der Waals surface area (Å²) in [5, 5.41) is 15.6. The van der Waals surface area contributed by atoms with Crippen LogP contribution in [0.2, 0.25) is 0 Å². The molecule has 0 radical (unpaired) electrons. The Kier molecular flexibility index (Phi) is 3.78. The van der Waals surface area contributed by atoms with Crippen LogP contribution < -0.4 is 0 Å². The van der Waals surface area contributed by atoms with Gasteiger partial charge in [0.25, 0.3) is 0 Å². The minimum Gasteiger partial charge on any atom is -0.477 e. The predicted molar refractivity (Wildman–Crippen MR) is 86.9 cm³/mol. The van der Waals surface area contributed by atoms with Gasteiger partial charge in [0.15, 0.2) is 15.5 Å². The van der Waals surface area contributed by atoms with Gasteiger partial charge in [0, 0.05) is 12.3 Å². The van der Waals surface area contributed by atoms with Crippen molar-refractivity contribution in [3.8, 4) is 16.3 Å². The predicted octanol–water partition coefficient (Wildman–Crippen LogP) is 2.70. The molecule has 0 spiro atoms. The fourth-order valence-electron chi connectivity index (χ4n) is 2.11. The van der Waals surface area contributed by atoms with Crippen molar-refractivity contribution in [1.29, 1.82) is 0 Å². The van der Waals surface area contributed by atoms with E-state index < -0.39 is 15.8 Å². The second kappa shape index (κ2) is 5.64. The Balaban J connectivity index is 2.10. The van der Waals surface area contributed by atoms with Crippen molar-refractivity contribution in [1.82, 2.24) is 9.78 Å². The fourth-order valence-corrected chi connectivity index (χ4v) is 3.42. The zero-order valence-corrected chi connectivity index (χ0v) is 13.6. The minimum absolute atomic E-state index is 0.0144. The van der Waals surface area contributed by atoms with Crippen molar-refractivity contribution in [2.75, 3.05) is 6.26 Å². The lowest BCUT2D eigenvalue weighted by Gasteiger charge is -2.05. The second-order valence-corrected chi connectivity index (χ2v) is 7.84. The average Bonchev–Trinajstić information content (AvgIpc) is 3.15. The van der Waals surface area contributed by atoms with Gasteiger partial charge in [-0.25, -0.2) is 17.9 Å². The number of carboxylic acid groups (broad SMARTS) is 1. The highest BCUT2D eigenvalue weighted by atomic mass is 32.2. The Hall–Kier alpha value is -2.45. The number of aromatic nitrogens is 2. The van der Waals surface area contributed by atoms with Crippen molar-refractivity contribution in [2.24, 2.45) is 0 Å². The summed E-state index contributed by atoms with van der Waals surface area (Å²) < 4.78 is 24.3. The molecule has 0 saturated heterocycles. The Labute approximate surface area is 136 Å². The highest BCUT2D eigenvalue weighted by molar-refractivity contribution is 7.90. The molecule has 0 saturated carbocycles. The van der Waals surface area contributed by atoms with E-state index in [4.69, 9.17) is 0 Å². The van der Waals surface area contributed by atoms with E-state index in [2.05, 4.69) is 5.10 Å². The van der Waals surface area contributed by atoms with Crippen LogP contribution in [0.5, 0.6) is 0 Å². The summed E-state index contributed by atoms with van der Waals surface area (Å²) in [6, 6.07) is 11.2. The van der Waals surface area contributed by atoms with Crippen molar-refractivity contribution in [2.45, 2.75) is 4.90 Å². The van der Waals surface area contributed by atoms with E-state index in [1.54, 1.807) is 0 Å². The van der Waals surface area contributed by atoms with Crippen LogP contribution in [0.1, 0.15) is 10.5 Å². The van der Waals surface area contributed by atoms with Gasteiger partial charge >= 0.3 is 5.97 Å². The molecule has 0 aliphatic carbocycles. The van der Waals surface area contributed by atoms with Gasteiger partial charge in [-0.2, -0.15) is 5.10 Å². The zero-order chi connectivity index (χ0) is 16.6.